The highest BCUT2D eigenvalue weighted by Gasteiger charge is 2.14. The normalized spacial score (nSPS) is 11.8. The van der Waals surface area contributed by atoms with E-state index in [0.717, 1.165) is 6.07 Å². The predicted octanol–water partition coefficient (Wildman–Crippen LogP) is 2.34. The van der Waals surface area contributed by atoms with Crippen LogP contribution < -0.4 is 5.32 Å². The summed E-state index contributed by atoms with van der Waals surface area (Å²) in [6, 6.07) is 1.39. The van der Waals surface area contributed by atoms with Gasteiger partial charge in [0.2, 0.25) is 0 Å². The number of nitrogens with one attached hydrogen (secondary N) is 1. The number of phenols is 1. The smallest absolute Gasteiger partial charge is 0.168 e. The Bertz CT molecular complexity index is 435. The van der Waals surface area contributed by atoms with E-state index in [-0.39, 0.29) is 11.6 Å². The van der Waals surface area contributed by atoms with E-state index in [4.69, 9.17) is 0 Å². The summed E-state index contributed by atoms with van der Waals surface area (Å²) in [6.07, 6.45) is 0. The van der Waals surface area contributed by atoms with Gasteiger partial charge in [0.25, 0.3) is 0 Å². The molecule has 16 heavy (non-hydrogen) atoms. The van der Waals surface area contributed by atoms with Gasteiger partial charge in [-0.25, -0.2) is 8.78 Å². The second kappa shape index (κ2) is 5.47. The molecule has 0 saturated carbocycles. The first kappa shape index (κ1) is 12.5. The van der Waals surface area contributed by atoms with Crippen molar-refractivity contribution < 1.29 is 13.9 Å². The molecule has 0 spiro atoms. The van der Waals surface area contributed by atoms with Crippen LogP contribution in [0.4, 0.5) is 8.78 Å². The van der Waals surface area contributed by atoms with Crippen molar-refractivity contribution in [2.24, 2.45) is 0 Å². The third-order valence-corrected chi connectivity index (χ3v) is 2.20. The average molecular weight is 225 g/mol. The molecule has 0 saturated heterocycles. The molecule has 2 N–H and O–H groups in total. The third kappa shape index (κ3) is 2.94. The van der Waals surface area contributed by atoms with Crippen molar-refractivity contribution in [1.29, 1.82) is 0 Å². The van der Waals surface area contributed by atoms with Crippen molar-refractivity contribution in [2.45, 2.75) is 19.9 Å². The van der Waals surface area contributed by atoms with Crippen LogP contribution in [0.2, 0.25) is 0 Å². The molecular weight excluding hydrogens is 212 g/mol. The summed E-state index contributed by atoms with van der Waals surface area (Å²) >= 11 is 0. The fourth-order valence-electron chi connectivity index (χ4n) is 1.32. The first-order chi connectivity index (χ1) is 7.56. The van der Waals surface area contributed by atoms with Crippen LogP contribution in [0.15, 0.2) is 12.1 Å². The number of rotatable bonds is 3. The number of phenolic OH excluding ortho intramolecular Hbond substituents is 1. The maximum absolute atomic E-state index is 13.0. The number of hydrogen-bond donors (Lipinski definition) is 2. The largest absolute Gasteiger partial charge is 0.505 e. The maximum Gasteiger partial charge on any atom is 0.168 e. The summed E-state index contributed by atoms with van der Waals surface area (Å²) in [6.45, 7) is 3.80. The number of hydrogen-bond acceptors (Lipinski definition) is 2. The van der Waals surface area contributed by atoms with Crippen molar-refractivity contribution in [2.75, 3.05) is 6.54 Å². The zero-order chi connectivity index (χ0) is 12.1. The lowest BCUT2D eigenvalue weighted by molar-refractivity contribution is 0.412. The van der Waals surface area contributed by atoms with Crippen molar-refractivity contribution in [3.05, 3.63) is 29.3 Å². The van der Waals surface area contributed by atoms with Gasteiger partial charge in [-0.05, 0) is 19.9 Å². The maximum atomic E-state index is 13.0. The molecule has 1 aromatic carbocycles. The first-order valence-corrected chi connectivity index (χ1v) is 4.87. The van der Waals surface area contributed by atoms with Gasteiger partial charge in [0.05, 0.1) is 6.54 Å². The Kier molecular flexibility index (Phi) is 4.27. The minimum atomic E-state index is -0.953. The molecule has 0 aliphatic rings. The predicted molar refractivity (Wildman–Crippen MR) is 57.9 cm³/mol. The van der Waals surface area contributed by atoms with Crippen LogP contribution >= 0.6 is 0 Å². The minimum absolute atomic E-state index is 0.190. The SMILES string of the molecule is CC#CCNC(C)c1cc(F)cc(F)c1O. The molecule has 1 rings (SSSR count). The fourth-order valence-corrected chi connectivity index (χ4v) is 1.32. The summed E-state index contributed by atoms with van der Waals surface area (Å²) < 4.78 is 26.0. The van der Waals surface area contributed by atoms with Gasteiger partial charge in [0.15, 0.2) is 11.6 Å². The Morgan fingerprint density at radius 1 is 1.44 bits per heavy atom. The molecule has 1 atom stereocenters. The van der Waals surface area contributed by atoms with E-state index in [0.29, 0.717) is 12.6 Å². The zero-order valence-corrected chi connectivity index (χ0v) is 9.14. The average Bonchev–Trinajstić information content (AvgIpc) is 2.23. The number of aromatic hydroxyl groups is 1. The fraction of sp³-hybridized carbons (Fsp3) is 0.333. The van der Waals surface area contributed by atoms with Gasteiger partial charge in [0, 0.05) is 17.7 Å². The van der Waals surface area contributed by atoms with Crippen LogP contribution in [0, 0.1) is 23.5 Å². The molecule has 4 heteroatoms. The van der Waals surface area contributed by atoms with Crippen LogP contribution in [0.3, 0.4) is 0 Å². The van der Waals surface area contributed by atoms with Crippen molar-refractivity contribution in [1.82, 2.24) is 5.32 Å². The quantitative estimate of drug-likeness (QED) is 0.774. The summed E-state index contributed by atoms with van der Waals surface area (Å²) in [5.74, 6) is 3.27. The van der Waals surface area contributed by atoms with E-state index in [2.05, 4.69) is 17.2 Å². The molecule has 86 valence electrons. The molecule has 0 bridgehead atoms. The molecule has 1 unspecified atom stereocenters. The highest BCUT2D eigenvalue weighted by Crippen LogP contribution is 2.27. The van der Waals surface area contributed by atoms with Crippen LogP contribution in [-0.4, -0.2) is 11.7 Å². The molecule has 1 aromatic rings. The highest BCUT2D eigenvalue weighted by molar-refractivity contribution is 5.36. The standard InChI is InChI=1S/C12H13F2NO/c1-3-4-5-15-8(2)10-6-9(13)7-11(14)12(10)16/h6-8,15-16H,5H2,1-2H3. The van der Waals surface area contributed by atoms with Crippen LogP contribution in [-0.2, 0) is 0 Å². The van der Waals surface area contributed by atoms with Gasteiger partial charge in [-0.1, -0.05) is 5.92 Å². The van der Waals surface area contributed by atoms with Gasteiger partial charge in [-0.15, -0.1) is 5.92 Å². The van der Waals surface area contributed by atoms with E-state index in [1.165, 1.54) is 0 Å². The first-order valence-electron chi connectivity index (χ1n) is 4.87. The topological polar surface area (TPSA) is 32.3 Å². The van der Waals surface area contributed by atoms with Crippen LogP contribution in [0.1, 0.15) is 25.5 Å². The molecule has 0 aromatic heterocycles. The second-order valence-electron chi connectivity index (χ2n) is 3.35. The van der Waals surface area contributed by atoms with E-state index >= 15 is 0 Å². The summed E-state index contributed by atoms with van der Waals surface area (Å²) in [5.41, 5.74) is 0.190. The van der Waals surface area contributed by atoms with Crippen LogP contribution in [0.25, 0.3) is 0 Å². The minimum Gasteiger partial charge on any atom is -0.505 e. The van der Waals surface area contributed by atoms with Gasteiger partial charge in [-0.3, -0.25) is 5.32 Å². The lowest BCUT2D eigenvalue weighted by Crippen LogP contribution is -2.19. The van der Waals surface area contributed by atoms with E-state index in [1.807, 2.05) is 0 Å². The Balaban J connectivity index is 2.88. The van der Waals surface area contributed by atoms with Crippen molar-refractivity contribution in [3.8, 4) is 17.6 Å². The van der Waals surface area contributed by atoms with Gasteiger partial charge >= 0.3 is 0 Å². The summed E-state index contributed by atoms with van der Waals surface area (Å²) in [4.78, 5) is 0. The van der Waals surface area contributed by atoms with Crippen LogP contribution in [0.5, 0.6) is 5.75 Å². The molecule has 0 aliphatic carbocycles. The van der Waals surface area contributed by atoms with Crippen molar-refractivity contribution in [3.63, 3.8) is 0 Å². The zero-order valence-electron chi connectivity index (χ0n) is 9.14. The molecule has 0 radical (unpaired) electrons. The van der Waals surface area contributed by atoms with E-state index in [9.17, 15) is 13.9 Å². The van der Waals surface area contributed by atoms with Gasteiger partial charge in [0.1, 0.15) is 5.82 Å². The number of halogens is 2. The lowest BCUT2D eigenvalue weighted by Gasteiger charge is -2.14. The lowest BCUT2D eigenvalue weighted by atomic mass is 10.1. The Morgan fingerprint density at radius 2 is 2.12 bits per heavy atom. The second-order valence-corrected chi connectivity index (χ2v) is 3.35. The molecule has 2 nitrogen and oxygen atoms in total. The molecule has 0 fully saturated rings. The third-order valence-electron chi connectivity index (χ3n) is 2.20. The van der Waals surface area contributed by atoms with Gasteiger partial charge < -0.3 is 5.11 Å². The van der Waals surface area contributed by atoms with Crippen molar-refractivity contribution >= 4 is 0 Å². The Morgan fingerprint density at radius 3 is 2.75 bits per heavy atom. The van der Waals surface area contributed by atoms with E-state index < -0.39 is 17.4 Å². The monoisotopic (exact) mass is 225 g/mol. The molecular formula is C12H13F2NO. The number of benzene rings is 1. The molecule has 0 heterocycles. The summed E-state index contributed by atoms with van der Waals surface area (Å²) in [5, 5.41) is 12.4. The molecule has 0 aliphatic heterocycles. The van der Waals surface area contributed by atoms with E-state index in [1.54, 1.807) is 13.8 Å². The Hall–Kier alpha value is -1.60. The Labute approximate surface area is 93.3 Å². The molecule has 0 amide bonds. The highest BCUT2D eigenvalue weighted by atomic mass is 19.1. The summed E-state index contributed by atoms with van der Waals surface area (Å²) in [7, 11) is 0. The van der Waals surface area contributed by atoms with Gasteiger partial charge in [-0.2, -0.15) is 0 Å².